The van der Waals surface area contributed by atoms with E-state index < -0.39 is 0 Å². The predicted molar refractivity (Wildman–Crippen MR) is 106 cm³/mol. The minimum Gasteiger partial charge on any atom is -0.493 e. The van der Waals surface area contributed by atoms with Crippen molar-refractivity contribution in [1.29, 1.82) is 0 Å². The van der Waals surface area contributed by atoms with Crippen molar-refractivity contribution in [2.75, 3.05) is 26.1 Å². The van der Waals surface area contributed by atoms with Crippen LogP contribution in [-0.2, 0) is 9.63 Å². The SMILES string of the molecule is COc1ccc(/C(C)=N\OCC(=O)Nc2nc3ccccc3s2)cc1OC. The van der Waals surface area contributed by atoms with Crippen molar-refractivity contribution in [2.45, 2.75) is 6.92 Å². The van der Waals surface area contributed by atoms with Crippen LogP contribution in [0.15, 0.2) is 47.6 Å². The number of hydrogen-bond acceptors (Lipinski definition) is 7. The number of nitrogens with zero attached hydrogens (tertiary/aromatic N) is 2. The monoisotopic (exact) mass is 385 g/mol. The average molecular weight is 385 g/mol. The summed E-state index contributed by atoms with van der Waals surface area (Å²) in [6.07, 6.45) is 0. The number of anilines is 1. The van der Waals surface area contributed by atoms with Gasteiger partial charge in [0.05, 0.1) is 30.1 Å². The molecule has 0 saturated carbocycles. The fourth-order valence-electron chi connectivity index (χ4n) is 2.38. The van der Waals surface area contributed by atoms with Gasteiger partial charge in [0, 0.05) is 5.56 Å². The quantitative estimate of drug-likeness (QED) is 0.495. The Morgan fingerprint density at radius 2 is 1.93 bits per heavy atom. The number of aromatic nitrogens is 1. The van der Waals surface area contributed by atoms with Crippen molar-refractivity contribution in [2.24, 2.45) is 5.16 Å². The summed E-state index contributed by atoms with van der Waals surface area (Å²) in [5.74, 6) is 0.904. The summed E-state index contributed by atoms with van der Waals surface area (Å²) in [5.41, 5.74) is 2.27. The molecule has 0 fully saturated rings. The fourth-order valence-corrected chi connectivity index (χ4v) is 3.26. The summed E-state index contributed by atoms with van der Waals surface area (Å²) in [6.45, 7) is 1.58. The van der Waals surface area contributed by atoms with Crippen LogP contribution in [0.3, 0.4) is 0 Å². The summed E-state index contributed by atoms with van der Waals surface area (Å²) >= 11 is 1.41. The number of benzene rings is 2. The molecule has 0 unspecified atom stereocenters. The predicted octanol–water partition coefficient (Wildman–Crippen LogP) is 3.69. The number of carbonyl (C=O) groups is 1. The van der Waals surface area contributed by atoms with Crippen LogP contribution in [0, 0.1) is 0 Å². The van der Waals surface area contributed by atoms with Gasteiger partial charge in [0.1, 0.15) is 0 Å². The molecule has 0 bridgehead atoms. The molecule has 27 heavy (non-hydrogen) atoms. The number of thiazole rings is 1. The van der Waals surface area contributed by atoms with Gasteiger partial charge in [0.2, 0.25) is 0 Å². The number of rotatable bonds is 7. The molecule has 0 radical (unpaired) electrons. The zero-order valence-corrected chi connectivity index (χ0v) is 16.0. The van der Waals surface area contributed by atoms with Crippen molar-refractivity contribution in [3.63, 3.8) is 0 Å². The zero-order chi connectivity index (χ0) is 19.2. The average Bonchev–Trinajstić information content (AvgIpc) is 3.09. The highest BCUT2D eigenvalue weighted by Gasteiger charge is 2.09. The maximum Gasteiger partial charge on any atom is 0.266 e. The number of oxime groups is 1. The van der Waals surface area contributed by atoms with E-state index in [9.17, 15) is 4.79 Å². The zero-order valence-electron chi connectivity index (χ0n) is 15.2. The highest BCUT2D eigenvalue weighted by Crippen LogP contribution is 2.28. The van der Waals surface area contributed by atoms with E-state index in [0.717, 1.165) is 15.8 Å². The minimum atomic E-state index is -0.321. The molecular weight excluding hydrogens is 366 g/mol. The minimum absolute atomic E-state index is 0.208. The van der Waals surface area contributed by atoms with Crippen molar-refractivity contribution >= 4 is 38.3 Å². The van der Waals surface area contributed by atoms with Crippen LogP contribution in [0.5, 0.6) is 11.5 Å². The second-order valence-corrected chi connectivity index (χ2v) is 6.59. The molecule has 1 heterocycles. The van der Waals surface area contributed by atoms with Crippen LogP contribution in [0.1, 0.15) is 12.5 Å². The summed E-state index contributed by atoms with van der Waals surface area (Å²) in [4.78, 5) is 21.5. The lowest BCUT2D eigenvalue weighted by Gasteiger charge is -2.09. The van der Waals surface area contributed by atoms with Gasteiger partial charge in [-0.05, 0) is 37.3 Å². The van der Waals surface area contributed by atoms with Gasteiger partial charge in [-0.1, -0.05) is 28.6 Å². The summed E-state index contributed by atoms with van der Waals surface area (Å²) < 4.78 is 11.5. The molecule has 3 aromatic rings. The molecular formula is C19H19N3O4S. The molecule has 1 amide bonds. The lowest BCUT2D eigenvalue weighted by atomic mass is 10.1. The Kier molecular flexibility index (Phi) is 5.87. The van der Waals surface area contributed by atoms with E-state index in [1.807, 2.05) is 30.3 Å². The van der Waals surface area contributed by atoms with Gasteiger partial charge in [0.15, 0.2) is 23.2 Å². The van der Waals surface area contributed by atoms with Crippen molar-refractivity contribution in [3.8, 4) is 11.5 Å². The number of amides is 1. The highest BCUT2D eigenvalue weighted by atomic mass is 32.1. The second kappa shape index (κ2) is 8.50. The molecule has 2 aromatic carbocycles. The summed E-state index contributed by atoms with van der Waals surface area (Å²) in [5, 5.41) is 7.24. The van der Waals surface area contributed by atoms with Crippen LogP contribution in [0.25, 0.3) is 10.2 Å². The first-order valence-corrected chi connectivity index (χ1v) is 8.96. The van der Waals surface area contributed by atoms with E-state index in [2.05, 4.69) is 15.5 Å². The number of para-hydroxylation sites is 1. The normalized spacial score (nSPS) is 11.3. The standard InChI is InChI=1S/C19H19N3O4S/c1-12(13-8-9-15(24-2)16(10-13)25-3)22-26-11-18(23)21-19-20-14-6-4-5-7-17(14)27-19/h4-10H,11H2,1-3H3,(H,20,21,23)/b22-12-. The van der Waals surface area contributed by atoms with Crippen LogP contribution in [0.4, 0.5) is 5.13 Å². The van der Waals surface area contributed by atoms with Crippen LogP contribution >= 0.6 is 11.3 Å². The largest absolute Gasteiger partial charge is 0.493 e. The van der Waals surface area contributed by atoms with Gasteiger partial charge in [-0.3, -0.25) is 10.1 Å². The molecule has 0 aliphatic carbocycles. The summed E-state index contributed by atoms with van der Waals surface area (Å²) in [6, 6.07) is 13.1. The van der Waals surface area contributed by atoms with Gasteiger partial charge in [-0.2, -0.15) is 0 Å². The third kappa shape index (κ3) is 4.53. The van der Waals surface area contributed by atoms with Gasteiger partial charge < -0.3 is 14.3 Å². The molecule has 0 aliphatic heterocycles. The fraction of sp³-hybridized carbons (Fsp3) is 0.211. The number of methoxy groups -OCH3 is 2. The van der Waals surface area contributed by atoms with E-state index in [4.69, 9.17) is 14.3 Å². The highest BCUT2D eigenvalue weighted by molar-refractivity contribution is 7.22. The number of hydrogen-bond donors (Lipinski definition) is 1. The Morgan fingerprint density at radius 3 is 2.67 bits per heavy atom. The van der Waals surface area contributed by atoms with E-state index in [0.29, 0.717) is 22.3 Å². The lowest BCUT2D eigenvalue weighted by molar-refractivity contribution is -0.120. The molecule has 3 rings (SSSR count). The molecule has 1 aromatic heterocycles. The Labute approximate surface area is 160 Å². The van der Waals surface area contributed by atoms with Gasteiger partial charge in [-0.15, -0.1) is 0 Å². The number of ether oxygens (including phenoxy) is 2. The van der Waals surface area contributed by atoms with E-state index >= 15 is 0 Å². The van der Waals surface area contributed by atoms with Gasteiger partial charge in [-0.25, -0.2) is 4.98 Å². The second-order valence-electron chi connectivity index (χ2n) is 5.55. The van der Waals surface area contributed by atoms with Gasteiger partial charge in [0.25, 0.3) is 5.91 Å². The molecule has 0 spiro atoms. The van der Waals surface area contributed by atoms with E-state index in [1.165, 1.54) is 11.3 Å². The first-order valence-electron chi connectivity index (χ1n) is 8.15. The first-order chi connectivity index (χ1) is 13.1. The maximum absolute atomic E-state index is 12.0. The molecule has 0 atom stereocenters. The number of fused-ring (bicyclic) bond motifs is 1. The van der Waals surface area contributed by atoms with Crippen molar-refractivity contribution < 1.29 is 19.1 Å². The topological polar surface area (TPSA) is 82.0 Å². The van der Waals surface area contributed by atoms with Crippen molar-refractivity contribution in [3.05, 3.63) is 48.0 Å². The first kappa shape index (κ1) is 18.7. The van der Waals surface area contributed by atoms with E-state index in [1.54, 1.807) is 33.3 Å². The Bertz CT molecular complexity index is 951. The van der Waals surface area contributed by atoms with Crippen LogP contribution < -0.4 is 14.8 Å². The van der Waals surface area contributed by atoms with Crippen molar-refractivity contribution in [1.82, 2.24) is 4.98 Å². The Morgan fingerprint density at radius 1 is 1.15 bits per heavy atom. The lowest BCUT2D eigenvalue weighted by Crippen LogP contribution is -2.17. The third-order valence-corrected chi connectivity index (χ3v) is 4.69. The molecule has 0 saturated heterocycles. The summed E-state index contributed by atoms with van der Waals surface area (Å²) in [7, 11) is 3.14. The smallest absolute Gasteiger partial charge is 0.266 e. The van der Waals surface area contributed by atoms with Crippen LogP contribution in [-0.4, -0.2) is 37.4 Å². The molecule has 1 N–H and O–H groups in total. The van der Waals surface area contributed by atoms with E-state index in [-0.39, 0.29) is 12.5 Å². The molecule has 8 heteroatoms. The number of nitrogens with one attached hydrogen (secondary N) is 1. The van der Waals surface area contributed by atoms with Crippen LogP contribution in [0.2, 0.25) is 0 Å². The third-order valence-electron chi connectivity index (χ3n) is 3.74. The maximum atomic E-state index is 12.0. The molecule has 140 valence electrons. The van der Waals surface area contributed by atoms with Gasteiger partial charge >= 0.3 is 0 Å². The molecule has 0 aliphatic rings. The number of carbonyl (C=O) groups excluding carboxylic acids is 1. The Balaban J connectivity index is 1.58. The Hall–Kier alpha value is -3.13. The molecule has 7 nitrogen and oxygen atoms in total.